The van der Waals surface area contributed by atoms with Crippen LogP contribution in [0.5, 0.6) is 5.75 Å². The summed E-state index contributed by atoms with van der Waals surface area (Å²) in [7, 11) is 3.35. The van der Waals surface area contributed by atoms with Crippen molar-refractivity contribution in [2.75, 3.05) is 11.5 Å². The van der Waals surface area contributed by atoms with Gasteiger partial charge in [0, 0.05) is 18.1 Å². The molecule has 1 aromatic rings. The van der Waals surface area contributed by atoms with E-state index in [0.29, 0.717) is 6.61 Å². The van der Waals surface area contributed by atoms with Crippen LogP contribution in [-0.4, -0.2) is 27.5 Å². The minimum Gasteiger partial charge on any atom is -0.494 e. The molecule has 6 heteroatoms. The van der Waals surface area contributed by atoms with Crippen LogP contribution in [0.4, 0.5) is 5.69 Å². The fourth-order valence-corrected chi connectivity index (χ4v) is 6.34. The fourth-order valence-electron chi connectivity index (χ4n) is 3.10. The van der Waals surface area contributed by atoms with Crippen LogP contribution >= 0.6 is 33.8 Å². The van der Waals surface area contributed by atoms with E-state index < -0.39 is 0 Å². The van der Waals surface area contributed by atoms with Crippen LogP contribution in [-0.2, 0) is 4.79 Å². The van der Waals surface area contributed by atoms with Gasteiger partial charge in [-0.3, -0.25) is 4.79 Å². The maximum Gasteiger partial charge on any atom is 0.224 e. The van der Waals surface area contributed by atoms with Crippen molar-refractivity contribution in [2.24, 2.45) is 0 Å². The molecule has 2 heterocycles. The van der Waals surface area contributed by atoms with E-state index in [9.17, 15) is 4.79 Å². The molecule has 23 heavy (non-hydrogen) atoms. The lowest BCUT2D eigenvalue weighted by molar-refractivity contribution is -0.117. The number of nitrogens with zero attached hydrogens (tertiary/aromatic N) is 1. The molecule has 0 saturated carbocycles. The Labute approximate surface area is 150 Å². The van der Waals surface area contributed by atoms with Crippen molar-refractivity contribution in [3.63, 3.8) is 0 Å². The number of anilines is 1. The lowest BCUT2D eigenvalue weighted by Gasteiger charge is -2.41. The first-order valence-corrected chi connectivity index (χ1v) is 10.2. The highest BCUT2D eigenvalue weighted by Gasteiger charge is 2.43. The van der Waals surface area contributed by atoms with E-state index in [1.165, 1.54) is 0 Å². The summed E-state index contributed by atoms with van der Waals surface area (Å²) in [5, 5.41) is 0.182. The van der Waals surface area contributed by atoms with E-state index in [2.05, 4.69) is 19.9 Å². The molecule has 0 aliphatic carbocycles. The monoisotopic (exact) mass is 365 g/mol. The number of thiocarbonyl (C=S) groups is 1. The molecule has 1 atom stereocenters. The lowest BCUT2D eigenvalue weighted by Crippen LogP contribution is -2.52. The van der Waals surface area contributed by atoms with Gasteiger partial charge in [0.15, 0.2) is 0 Å². The van der Waals surface area contributed by atoms with Gasteiger partial charge in [-0.25, -0.2) is 0 Å². The van der Waals surface area contributed by atoms with Gasteiger partial charge < -0.3 is 9.64 Å². The van der Waals surface area contributed by atoms with Crippen LogP contribution in [0.3, 0.4) is 0 Å². The quantitative estimate of drug-likeness (QED) is 0.559. The Hall–Kier alpha value is -0.980. The number of benzene rings is 1. The maximum atomic E-state index is 12.4. The summed E-state index contributed by atoms with van der Waals surface area (Å²) >= 11 is 5.57. The summed E-state index contributed by atoms with van der Waals surface area (Å²) < 4.78 is 6.51. The average Bonchev–Trinajstić information content (AvgIpc) is 2.55. The second kappa shape index (κ2) is 6.15. The van der Waals surface area contributed by atoms with Crippen molar-refractivity contribution >= 4 is 55.2 Å². The number of hydrogen-bond acceptors (Lipinski definition) is 5. The minimum atomic E-state index is -0.330. The SMILES string of the molecule is CCOc1ccc2c(c1)C1=CC(SSC1=S)C(C)(C)N2C(C)=O. The van der Waals surface area contributed by atoms with Crippen molar-refractivity contribution in [3.8, 4) is 5.75 Å². The van der Waals surface area contributed by atoms with E-state index in [0.717, 1.165) is 26.8 Å². The third kappa shape index (κ3) is 2.81. The molecule has 122 valence electrons. The molecule has 1 amide bonds. The van der Waals surface area contributed by atoms with E-state index in [-0.39, 0.29) is 16.7 Å². The Bertz CT molecular complexity index is 712. The standard InChI is InChI=1S/C17H19NO2S3/c1-5-20-11-6-7-14-12(8-11)13-9-15(22-23-16(13)21)17(3,4)18(14)10(2)19/h6-9,15H,5H2,1-4H3. The molecule has 0 N–H and O–H groups in total. The van der Waals surface area contributed by atoms with Gasteiger partial charge in [-0.1, -0.05) is 29.1 Å². The first-order valence-electron chi connectivity index (χ1n) is 7.53. The van der Waals surface area contributed by atoms with Gasteiger partial charge in [0.25, 0.3) is 0 Å². The molecule has 0 spiro atoms. The second-order valence-corrected chi connectivity index (χ2v) is 9.11. The Kier molecular flexibility index (Phi) is 4.51. The lowest BCUT2D eigenvalue weighted by atomic mass is 9.97. The van der Waals surface area contributed by atoms with Crippen molar-refractivity contribution < 1.29 is 9.53 Å². The number of hydrogen-bond donors (Lipinski definition) is 0. The Balaban J connectivity index is 2.26. The van der Waals surface area contributed by atoms with Crippen LogP contribution < -0.4 is 9.64 Å². The summed E-state index contributed by atoms with van der Waals surface area (Å²) in [6, 6.07) is 5.90. The molecule has 1 unspecified atom stereocenters. The summed E-state index contributed by atoms with van der Waals surface area (Å²) in [4.78, 5) is 14.3. The highest BCUT2D eigenvalue weighted by molar-refractivity contribution is 8.84. The van der Waals surface area contributed by atoms with Gasteiger partial charge in [0.2, 0.25) is 5.91 Å². The van der Waals surface area contributed by atoms with E-state index >= 15 is 0 Å². The summed E-state index contributed by atoms with van der Waals surface area (Å²) in [6.45, 7) is 8.42. The molecule has 2 aliphatic heterocycles. The van der Waals surface area contributed by atoms with Gasteiger partial charge in [0.05, 0.1) is 27.3 Å². The third-order valence-corrected chi connectivity index (χ3v) is 7.75. The third-order valence-electron chi connectivity index (χ3n) is 4.16. The number of fused-ring (bicyclic) bond motifs is 3. The number of carbonyl (C=O) groups is 1. The van der Waals surface area contributed by atoms with Crippen molar-refractivity contribution in [1.82, 2.24) is 0 Å². The maximum absolute atomic E-state index is 12.4. The Morgan fingerprint density at radius 3 is 2.83 bits per heavy atom. The van der Waals surface area contributed by atoms with Crippen LogP contribution in [0.15, 0.2) is 24.3 Å². The largest absolute Gasteiger partial charge is 0.494 e. The topological polar surface area (TPSA) is 29.5 Å². The normalized spacial score (nSPS) is 22.1. The summed E-state index contributed by atoms with van der Waals surface area (Å²) in [5.41, 5.74) is 2.61. The first kappa shape index (κ1) is 16.9. The molecule has 3 nitrogen and oxygen atoms in total. The molecule has 0 aromatic heterocycles. The zero-order chi connectivity index (χ0) is 16.8. The van der Waals surface area contributed by atoms with E-state index in [4.69, 9.17) is 17.0 Å². The average molecular weight is 366 g/mol. The van der Waals surface area contributed by atoms with E-state index in [1.54, 1.807) is 28.5 Å². The Morgan fingerprint density at radius 2 is 2.17 bits per heavy atom. The smallest absolute Gasteiger partial charge is 0.224 e. The number of ether oxygens (including phenoxy) is 1. The number of amides is 1. The summed E-state index contributed by atoms with van der Waals surface area (Å²) in [6.07, 6.45) is 2.21. The molecule has 2 bridgehead atoms. The zero-order valence-electron chi connectivity index (χ0n) is 13.6. The van der Waals surface area contributed by atoms with Crippen LogP contribution in [0, 0.1) is 0 Å². The van der Waals surface area contributed by atoms with Crippen molar-refractivity contribution in [2.45, 2.75) is 38.5 Å². The van der Waals surface area contributed by atoms with Crippen molar-refractivity contribution in [1.29, 1.82) is 0 Å². The van der Waals surface area contributed by atoms with Gasteiger partial charge in [0.1, 0.15) is 5.75 Å². The first-order chi connectivity index (χ1) is 10.9. The van der Waals surface area contributed by atoms with Gasteiger partial charge in [-0.15, -0.1) is 0 Å². The molecule has 0 radical (unpaired) electrons. The minimum absolute atomic E-state index is 0.0403. The number of carbonyl (C=O) groups excluding carboxylic acids is 1. The van der Waals surface area contributed by atoms with E-state index in [1.807, 2.05) is 30.0 Å². The van der Waals surface area contributed by atoms with Gasteiger partial charge >= 0.3 is 0 Å². The van der Waals surface area contributed by atoms with Crippen LogP contribution in [0.25, 0.3) is 5.57 Å². The number of rotatable bonds is 2. The zero-order valence-corrected chi connectivity index (χ0v) is 16.0. The van der Waals surface area contributed by atoms with Gasteiger partial charge in [-0.05, 0) is 49.8 Å². The van der Waals surface area contributed by atoms with Crippen molar-refractivity contribution in [3.05, 3.63) is 29.8 Å². The predicted octanol–water partition coefficient (Wildman–Crippen LogP) is 4.70. The summed E-state index contributed by atoms with van der Waals surface area (Å²) in [5.74, 6) is 0.844. The highest BCUT2D eigenvalue weighted by Crippen LogP contribution is 2.51. The fraction of sp³-hybridized carbons (Fsp3) is 0.412. The molecule has 1 aromatic carbocycles. The predicted molar refractivity (Wildman–Crippen MR) is 104 cm³/mol. The van der Waals surface area contributed by atoms with Crippen LogP contribution in [0.2, 0.25) is 0 Å². The molecule has 3 rings (SSSR count). The Morgan fingerprint density at radius 1 is 1.43 bits per heavy atom. The molecule has 2 aliphatic rings. The highest BCUT2D eigenvalue weighted by atomic mass is 33.1. The van der Waals surface area contributed by atoms with Gasteiger partial charge in [-0.2, -0.15) is 0 Å². The molecule has 0 saturated heterocycles. The second-order valence-electron chi connectivity index (χ2n) is 6.09. The molecular formula is C17H19NO2S3. The molecule has 0 fully saturated rings. The van der Waals surface area contributed by atoms with Crippen LogP contribution in [0.1, 0.15) is 33.3 Å². The molecular weight excluding hydrogens is 346 g/mol.